The van der Waals surface area contributed by atoms with Crippen LogP contribution < -0.4 is 4.74 Å². The van der Waals surface area contributed by atoms with Crippen LogP contribution in [-0.2, 0) is 0 Å². The summed E-state index contributed by atoms with van der Waals surface area (Å²) in [6, 6.07) is 12.5. The third-order valence-electron chi connectivity index (χ3n) is 2.80. The number of H-pyrrole nitrogens is 1. The van der Waals surface area contributed by atoms with Crippen LogP contribution in [0, 0.1) is 6.92 Å². The van der Waals surface area contributed by atoms with Crippen molar-refractivity contribution in [2.24, 2.45) is 0 Å². The molecule has 1 aromatic heterocycles. The van der Waals surface area contributed by atoms with Gasteiger partial charge < -0.3 is 9.84 Å². The van der Waals surface area contributed by atoms with Crippen LogP contribution >= 0.6 is 0 Å². The molecule has 0 bridgehead atoms. The summed E-state index contributed by atoms with van der Waals surface area (Å²) < 4.78 is 5.62. The lowest BCUT2D eigenvalue weighted by Gasteiger charge is -2.08. The molecule has 0 fully saturated rings. The fourth-order valence-electron chi connectivity index (χ4n) is 1.80. The molecule has 0 radical (unpaired) electrons. The third kappa shape index (κ3) is 2.44. The van der Waals surface area contributed by atoms with E-state index in [1.165, 1.54) is 0 Å². The molecule has 0 saturated carbocycles. The minimum absolute atomic E-state index is 0.118. The van der Waals surface area contributed by atoms with Crippen molar-refractivity contribution in [2.45, 2.75) is 6.92 Å². The summed E-state index contributed by atoms with van der Waals surface area (Å²) in [5.41, 5.74) is 1.81. The smallest absolute Gasteiger partial charge is 0.204 e. The topological polar surface area (TPSA) is 83.9 Å². The molecule has 2 N–H and O–H groups in total. The Morgan fingerprint density at radius 2 is 1.90 bits per heavy atom. The average molecular weight is 268 g/mol. The number of nitrogens with one attached hydrogen (secondary N) is 1. The van der Waals surface area contributed by atoms with Crippen molar-refractivity contribution in [3.63, 3.8) is 0 Å². The number of phenolic OH excluding ortho intramolecular Hbond substituents is 1. The van der Waals surface area contributed by atoms with E-state index in [0.29, 0.717) is 17.3 Å². The second-order valence-corrected chi connectivity index (χ2v) is 4.33. The van der Waals surface area contributed by atoms with Gasteiger partial charge in [-0.05, 0) is 54.1 Å². The molecule has 0 aliphatic carbocycles. The van der Waals surface area contributed by atoms with Crippen molar-refractivity contribution in [3.8, 4) is 28.6 Å². The standard InChI is InChI=1S/C14H12N4O2/c1-9-2-7-13(12(19)8-9)20-11-5-3-10(4-6-11)14-15-17-18-16-14/h2-8,19H,1H3,(H,15,16,17,18). The normalized spacial score (nSPS) is 10.4. The number of nitrogens with zero attached hydrogens (tertiary/aromatic N) is 3. The maximum atomic E-state index is 9.80. The Kier molecular flexibility index (Phi) is 3.04. The van der Waals surface area contributed by atoms with Gasteiger partial charge in [0.25, 0.3) is 0 Å². The lowest BCUT2D eigenvalue weighted by molar-refractivity contribution is 0.411. The molecular weight excluding hydrogens is 256 g/mol. The first-order chi connectivity index (χ1) is 9.72. The summed E-state index contributed by atoms with van der Waals surface area (Å²) in [7, 11) is 0. The molecule has 0 aliphatic rings. The second-order valence-electron chi connectivity index (χ2n) is 4.33. The minimum atomic E-state index is 0.118. The van der Waals surface area contributed by atoms with E-state index in [1.807, 2.05) is 25.1 Å². The van der Waals surface area contributed by atoms with Crippen molar-refractivity contribution in [1.29, 1.82) is 0 Å². The Bertz CT molecular complexity index is 709. The number of hydrogen-bond donors (Lipinski definition) is 2. The summed E-state index contributed by atoms with van der Waals surface area (Å²) in [6.07, 6.45) is 0. The van der Waals surface area contributed by atoms with Gasteiger partial charge in [0.1, 0.15) is 5.75 Å². The van der Waals surface area contributed by atoms with Gasteiger partial charge in [-0.15, -0.1) is 10.2 Å². The highest BCUT2D eigenvalue weighted by Crippen LogP contribution is 2.31. The molecule has 3 aromatic rings. The average Bonchev–Trinajstić information content (AvgIpc) is 2.97. The van der Waals surface area contributed by atoms with Gasteiger partial charge in [-0.25, -0.2) is 0 Å². The van der Waals surface area contributed by atoms with Gasteiger partial charge in [0, 0.05) is 5.56 Å². The Balaban J connectivity index is 1.81. The Morgan fingerprint density at radius 3 is 2.55 bits per heavy atom. The quantitative estimate of drug-likeness (QED) is 0.763. The number of phenols is 1. The number of ether oxygens (including phenoxy) is 1. The van der Waals surface area contributed by atoms with Gasteiger partial charge in [0.2, 0.25) is 5.82 Å². The Labute approximate surface area is 115 Å². The largest absolute Gasteiger partial charge is 0.504 e. The zero-order valence-corrected chi connectivity index (χ0v) is 10.7. The lowest BCUT2D eigenvalue weighted by Crippen LogP contribution is -1.86. The molecule has 20 heavy (non-hydrogen) atoms. The SMILES string of the molecule is Cc1ccc(Oc2ccc(-c3nn[nH]n3)cc2)c(O)c1. The van der Waals surface area contributed by atoms with Crippen LogP contribution in [0.4, 0.5) is 0 Å². The van der Waals surface area contributed by atoms with Gasteiger partial charge in [-0.2, -0.15) is 5.21 Å². The molecule has 6 heteroatoms. The molecule has 0 amide bonds. The lowest BCUT2D eigenvalue weighted by atomic mass is 10.2. The molecule has 6 nitrogen and oxygen atoms in total. The van der Waals surface area contributed by atoms with E-state index < -0.39 is 0 Å². The van der Waals surface area contributed by atoms with Crippen molar-refractivity contribution in [2.75, 3.05) is 0 Å². The van der Waals surface area contributed by atoms with Crippen LogP contribution in [0.25, 0.3) is 11.4 Å². The molecule has 0 unspecified atom stereocenters. The van der Waals surface area contributed by atoms with Crippen LogP contribution in [-0.4, -0.2) is 25.7 Å². The first-order valence-corrected chi connectivity index (χ1v) is 6.04. The highest BCUT2D eigenvalue weighted by Gasteiger charge is 2.06. The zero-order chi connectivity index (χ0) is 13.9. The molecule has 3 rings (SSSR count). The number of rotatable bonds is 3. The molecule has 0 saturated heterocycles. The van der Waals surface area contributed by atoms with Gasteiger partial charge in [0.15, 0.2) is 11.5 Å². The number of tetrazole rings is 1. The number of aromatic amines is 1. The summed E-state index contributed by atoms with van der Waals surface area (Å²) in [6.45, 7) is 1.91. The first kappa shape index (κ1) is 12.2. The number of aromatic nitrogens is 4. The fourth-order valence-corrected chi connectivity index (χ4v) is 1.80. The molecule has 2 aromatic carbocycles. The van der Waals surface area contributed by atoms with Crippen LogP contribution in [0.1, 0.15) is 5.56 Å². The minimum Gasteiger partial charge on any atom is -0.504 e. The van der Waals surface area contributed by atoms with E-state index in [2.05, 4.69) is 20.6 Å². The van der Waals surface area contributed by atoms with Crippen molar-refractivity contribution in [1.82, 2.24) is 20.6 Å². The van der Waals surface area contributed by atoms with Crippen molar-refractivity contribution in [3.05, 3.63) is 48.0 Å². The zero-order valence-electron chi connectivity index (χ0n) is 10.7. The number of aryl methyl sites for hydroxylation is 1. The predicted molar refractivity (Wildman–Crippen MR) is 72.5 cm³/mol. The van der Waals surface area contributed by atoms with E-state index in [4.69, 9.17) is 4.74 Å². The van der Waals surface area contributed by atoms with Crippen LogP contribution in [0.5, 0.6) is 17.2 Å². The number of benzene rings is 2. The third-order valence-corrected chi connectivity index (χ3v) is 2.80. The van der Waals surface area contributed by atoms with Crippen LogP contribution in [0.2, 0.25) is 0 Å². The van der Waals surface area contributed by atoms with Crippen LogP contribution in [0.15, 0.2) is 42.5 Å². The van der Waals surface area contributed by atoms with Gasteiger partial charge in [0.05, 0.1) is 0 Å². The Morgan fingerprint density at radius 1 is 1.10 bits per heavy atom. The highest BCUT2D eigenvalue weighted by atomic mass is 16.5. The van der Waals surface area contributed by atoms with E-state index in [1.54, 1.807) is 24.3 Å². The maximum absolute atomic E-state index is 9.80. The Hall–Kier alpha value is -2.89. The van der Waals surface area contributed by atoms with Gasteiger partial charge in [-0.3, -0.25) is 0 Å². The number of hydrogen-bond acceptors (Lipinski definition) is 5. The fraction of sp³-hybridized carbons (Fsp3) is 0.0714. The molecule has 1 heterocycles. The predicted octanol–water partition coefficient (Wildman–Crippen LogP) is 2.67. The second kappa shape index (κ2) is 5.00. The molecule has 0 aliphatic heterocycles. The van der Waals surface area contributed by atoms with E-state index in [9.17, 15) is 5.11 Å². The number of aromatic hydroxyl groups is 1. The maximum Gasteiger partial charge on any atom is 0.204 e. The van der Waals surface area contributed by atoms with E-state index in [0.717, 1.165) is 11.1 Å². The van der Waals surface area contributed by atoms with E-state index in [-0.39, 0.29) is 5.75 Å². The van der Waals surface area contributed by atoms with Gasteiger partial charge in [-0.1, -0.05) is 6.07 Å². The molecular formula is C14H12N4O2. The van der Waals surface area contributed by atoms with Crippen LogP contribution in [0.3, 0.4) is 0 Å². The highest BCUT2D eigenvalue weighted by molar-refractivity contribution is 5.55. The van der Waals surface area contributed by atoms with Crippen molar-refractivity contribution < 1.29 is 9.84 Å². The molecule has 0 atom stereocenters. The monoisotopic (exact) mass is 268 g/mol. The summed E-state index contributed by atoms with van der Waals surface area (Å²) in [5, 5.41) is 23.5. The summed E-state index contributed by atoms with van der Waals surface area (Å²) in [5.74, 6) is 1.68. The van der Waals surface area contributed by atoms with Crippen molar-refractivity contribution >= 4 is 0 Å². The summed E-state index contributed by atoms with van der Waals surface area (Å²) >= 11 is 0. The molecule has 0 spiro atoms. The summed E-state index contributed by atoms with van der Waals surface area (Å²) in [4.78, 5) is 0. The molecule has 100 valence electrons. The van der Waals surface area contributed by atoms with E-state index >= 15 is 0 Å². The first-order valence-electron chi connectivity index (χ1n) is 6.04. The van der Waals surface area contributed by atoms with Gasteiger partial charge >= 0.3 is 0 Å².